The third-order valence-electron chi connectivity index (χ3n) is 6.62. The van der Waals surface area contributed by atoms with Crippen molar-refractivity contribution in [2.45, 2.75) is 50.7 Å². The van der Waals surface area contributed by atoms with Crippen molar-refractivity contribution < 1.29 is 14.3 Å². The number of nitrogens with zero attached hydrogens (tertiary/aromatic N) is 2. The molecule has 28 heavy (non-hydrogen) atoms. The Bertz CT molecular complexity index is 684. The van der Waals surface area contributed by atoms with Crippen molar-refractivity contribution in [1.82, 2.24) is 9.80 Å². The summed E-state index contributed by atoms with van der Waals surface area (Å²) >= 11 is 0. The fourth-order valence-corrected chi connectivity index (χ4v) is 5.04. The van der Waals surface area contributed by atoms with Gasteiger partial charge in [-0.2, -0.15) is 0 Å². The van der Waals surface area contributed by atoms with Crippen LogP contribution in [-0.4, -0.2) is 66.5 Å². The van der Waals surface area contributed by atoms with Crippen LogP contribution in [0, 0.1) is 5.92 Å². The molecule has 0 bridgehead atoms. The molecular weight excluding hydrogens is 354 g/mol. The number of hydrogen-bond acceptors (Lipinski definition) is 4. The Hall–Kier alpha value is -1.92. The summed E-state index contributed by atoms with van der Waals surface area (Å²) in [7, 11) is 0. The van der Waals surface area contributed by atoms with E-state index in [4.69, 9.17) is 10.5 Å². The summed E-state index contributed by atoms with van der Waals surface area (Å²) in [4.78, 5) is 28.0. The Kier molecular flexibility index (Phi) is 5.97. The van der Waals surface area contributed by atoms with E-state index in [0.717, 1.165) is 58.2 Å². The van der Waals surface area contributed by atoms with E-state index in [9.17, 15) is 9.59 Å². The van der Waals surface area contributed by atoms with Gasteiger partial charge in [-0.1, -0.05) is 24.3 Å². The van der Waals surface area contributed by atoms with Gasteiger partial charge in [0.15, 0.2) is 0 Å². The molecule has 6 heteroatoms. The van der Waals surface area contributed by atoms with Gasteiger partial charge in [0, 0.05) is 25.7 Å². The van der Waals surface area contributed by atoms with Crippen LogP contribution in [0.15, 0.2) is 24.3 Å². The van der Waals surface area contributed by atoms with E-state index in [2.05, 4.69) is 29.2 Å². The molecule has 2 saturated heterocycles. The van der Waals surface area contributed by atoms with Gasteiger partial charge in [0.05, 0.1) is 6.10 Å². The van der Waals surface area contributed by atoms with Crippen molar-refractivity contribution in [3.05, 3.63) is 35.4 Å². The molecule has 6 nitrogen and oxygen atoms in total. The average molecular weight is 386 g/mol. The highest BCUT2D eigenvalue weighted by Gasteiger charge is 2.32. The number of benzene rings is 1. The minimum atomic E-state index is -0.862. The number of carbonyl (C=O) groups excluding carboxylic acids is 2. The second-order valence-corrected chi connectivity index (χ2v) is 8.52. The lowest BCUT2D eigenvalue weighted by Gasteiger charge is -2.38. The molecule has 152 valence electrons. The van der Waals surface area contributed by atoms with Crippen LogP contribution >= 0.6 is 0 Å². The number of amides is 2. The quantitative estimate of drug-likeness (QED) is 0.777. The Morgan fingerprint density at radius 1 is 1.07 bits per heavy atom. The summed E-state index contributed by atoms with van der Waals surface area (Å²) in [6, 6.07) is 9.37. The van der Waals surface area contributed by atoms with Gasteiger partial charge < -0.3 is 15.4 Å². The first-order valence-electron chi connectivity index (χ1n) is 10.6. The molecule has 2 N–H and O–H groups in total. The van der Waals surface area contributed by atoms with Gasteiger partial charge in [0.2, 0.25) is 0 Å². The number of primary amides is 1. The van der Waals surface area contributed by atoms with Crippen molar-refractivity contribution in [2.75, 3.05) is 32.8 Å². The maximum Gasteiger partial charge on any atom is 0.311 e. The van der Waals surface area contributed by atoms with E-state index in [1.54, 1.807) is 4.90 Å². The molecule has 1 aromatic carbocycles. The second kappa shape index (κ2) is 8.62. The Balaban J connectivity index is 1.29. The summed E-state index contributed by atoms with van der Waals surface area (Å²) in [5, 5.41) is 0. The first kappa shape index (κ1) is 19.4. The molecule has 1 aromatic rings. The summed E-state index contributed by atoms with van der Waals surface area (Å²) in [5.74, 6) is -1.01. The molecule has 0 radical (unpaired) electrons. The van der Waals surface area contributed by atoms with Gasteiger partial charge in [0.25, 0.3) is 0 Å². The lowest BCUT2D eigenvalue weighted by Crippen LogP contribution is -2.48. The molecule has 2 heterocycles. The summed E-state index contributed by atoms with van der Waals surface area (Å²) in [6.07, 6.45) is 6.41. The minimum absolute atomic E-state index is 0.0420. The maximum atomic E-state index is 12.3. The highest BCUT2D eigenvalue weighted by Crippen LogP contribution is 2.29. The van der Waals surface area contributed by atoms with Crippen LogP contribution in [0.5, 0.6) is 0 Å². The molecular formula is C22H31N3O3. The zero-order valence-electron chi connectivity index (χ0n) is 16.5. The highest BCUT2D eigenvalue weighted by atomic mass is 16.5. The van der Waals surface area contributed by atoms with Crippen molar-refractivity contribution in [1.29, 1.82) is 0 Å². The standard InChI is InChI=1S/C22H31N3O3/c23-21(26)22(27)25(15-20-6-3-11-28-20)14-16-7-9-24(10-8-16)19-12-17-4-1-2-5-18(17)13-19/h1-2,4-5,16,19-20H,3,6-15H2,(H2,23,26)/t20-/m0/s1. The number of fused-ring (bicyclic) bond motifs is 1. The Labute approximate surface area is 167 Å². The topological polar surface area (TPSA) is 75.9 Å². The number of nitrogens with two attached hydrogens (primary N) is 1. The van der Waals surface area contributed by atoms with Crippen molar-refractivity contribution >= 4 is 11.8 Å². The summed E-state index contributed by atoms with van der Waals surface area (Å²) in [5.41, 5.74) is 8.26. The summed E-state index contributed by atoms with van der Waals surface area (Å²) < 4.78 is 5.66. The molecule has 2 amide bonds. The van der Waals surface area contributed by atoms with Crippen LogP contribution in [0.1, 0.15) is 36.8 Å². The van der Waals surface area contributed by atoms with Gasteiger partial charge >= 0.3 is 11.8 Å². The van der Waals surface area contributed by atoms with Gasteiger partial charge in [-0.25, -0.2) is 0 Å². The first-order chi connectivity index (χ1) is 13.6. The molecule has 2 aliphatic heterocycles. The smallest absolute Gasteiger partial charge is 0.311 e. The minimum Gasteiger partial charge on any atom is -0.376 e. The van der Waals surface area contributed by atoms with Crippen LogP contribution in [0.2, 0.25) is 0 Å². The second-order valence-electron chi connectivity index (χ2n) is 8.52. The Morgan fingerprint density at radius 3 is 2.32 bits per heavy atom. The molecule has 0 saturated carbocycles. The van der Waals surface area contributed by atoms with Crippen molar-refractivity contribution in [3.63, 3.8) is 0 Å². The molecule has 2 fully saturated rings. The number of likely N-dealkylation sites (tertiary alicyclic amines) is 1. The van der Waals surface area contributed by atoms with Crippen LogP contribution in [0.4, 0.5) is 0 Å². The van der Waals surface area contributed by atoms with Crippen LogP contribution in [0.3, 0.4) is 0 Å². The predicted molar refractivity (Wildman–Crippen MR) is 107 cm³/mol. The zero-order chi connectivity index (χ0) is 19.5. The fourth-order valence-electron chi connectivity index (χ4n) is 5.04. The lowest BCUT2D eigenvalue weighted by molar-refractivity contribution is -0.145. The molecule has 4 rings (SSSR count). The maximum absolute atomic E-state index is 12.3. The zero-order valence-corrected chi connectivity index (χ0v) is 16.5. The third-order valence-corrected chi connectivity index (χ3v) is 6.62. The van der Waals surface area contributed by atoms with Gasteiger partial charge in [-0.05, 0) is 68.7 Å². The molecule has 0 spiro atoms. The molecule has 1 atom stereocenters. The van der Waals surface area contributed by atoms with E-state index >= 15 is 0 Å². The van der Waals surface area contributed by atoms with Crippen LogP contribution < -0.4 is 5.73 Å². The van der Waals surface area contributed by atoms with E-state index in [1.165, 1.54) is 11.1 Å². The monoisotopic (exact) mass is 385 g/mol. The number of ether oxygens (including phenoxy) is 1. The number of rotatable bonds is 5. The van der Waals surface area contributed by atoms with E-state index < -0.39 is 11.8 Å². The number of piperidine rings is 1. The number of hydrogen-bond donors (Lipinski definition) is 1. The molecule has 0 unspecified atom stereocenters. The van der Waals surface area contributed by atoms with Crippen LogP contribution in [-0.2, 0) is 27.2 Å². The predicted octanol–water partition coefficient (Wildman–Crippen LogP) is 1.36. The first-order valence-corrected chi connectivity index (χ1v) is 10.6. The average Bonchev–Trinajstić information content (AvgIpc) is 3.36. The lowest BCUT2D eigenvalue weighted by atomic mass is 9.94. The number of carbonyl (C=O) groups is 2. The van der Waals surface area contributed by atoms with Crippen molar-refractivity contribution in [3.8, 4) is 0 Å². The van der Waals surface area contributed by atoms with Gasteiger partial charge in [-0.3, -0.25) is 14.5 Å². The fraction of sp³-hybridized carbons (Fsp3) is 0.636. The van der Waals surface area contributed by atoms with Gasteiger partial charge in [-0.15, -0.1) is 0 Å². The van der Waals surface area contributed by atoms with E-state index in [1.807, 2.05) is 0 Å². The molecule has 0 aromatic heterocycles. The van der Waals surface area contributed by atoms with Gasteiger partial charge in [0.1, 0.15) is 0 Å². The molecule has 3 aliphatic rings. The third kappa shape index (κ3) is 4.39. The highest BCUT2D eigenvalue weighted by molar-refractivity contribution is 6.34. The SMILES string of the molecule is NC(=O)C(=O)N(CC1CCN(C2Cc3ccccc3C2)CC1)C[C@@H]1CCCO1. The van der Waals surface area contributed by atoms with Crippen LogP contribution in [0.25, 0.3) is 0 Å². The Morgan fingerprint density at radius 2 is 1.75 bits per heavy atom. The van der Waals surface area contributed by atoms with E-state index in [0.29, 0.717) is 25.0 Å². The van der Waals surface area contributed by atoms with E-state index in [-0.39, 0.29) is 6.10 Å². The molecule has 1 aliphatic carbocycles. The van der Waals surface area contributed by atoms with Crippen molar-refractivity contribution in [2.24, 2.45) is 11.7 Å². The largest absolute Gasteiger partial charge is 0.376 e. The normalized spacial score (nSPS) is 23.6. The summed E-state index contributed by atoms with van der Waals surface area (Å²) in [6.45, 7) is 3.95.